The number of carbonyl (C=O) groups excluding carboxylic acids is 1. The Morgan fingerprint density at radius 2 is 1.74 bits per heavy atom. The van der Waals surface area contributed by atoms with Gasteiger partial charge in [-0.25, -0.2) is 4.79 Å². The van der Waals surface area contributed by atoms with E-state index >= 15 is 0 Å². The first kappa shape index (κ1) is 17.8. The van der Waals surface area contributed by atoms with Crippen molar-refractivity contribution in [2.75, 3.05) is 27.9 Å². The molecule has 0 aliphatic carbocycles. The molecule has 7 heteroatoms. The van der Waals surface area contributed by atoms with E-state index in [2.05, 4.69) is 13.2 Å². The maximum Gasteiger partial charge on any atom is 0.567 e. The highest BCUT2D eigenvalue weighted by atomic mass is 28.4. The molecule has 110 valence electrons. The minimum Gasteiger partial charge on any atom is -0.473 e. The summed E-state index contributed by atoms with van der Waals surface area (Å²) in [4.78, 5) is 11.3. The molecular weight excluding hydrogens is 268 g/mol. The van der Waals surface area contributed by atoms with E-state index in [9.17, 15) is 4.79 Å². The van der Waals surface area contributed by atoms with Gasteiger partial charge in [0.2, 0.25) is 0 Å². The molecule has 0 fully saturated rings. The monoisotopic (exact) mass is 290 g/mol. The van der Waals surface area contributed by atoms with Crippen LogP contribution < -0.4 is 0 Å². The van der Waals surface area contributed by atoms with Gasteiger partial charge >= 0.3 is 14.8 Å². The van der Waals surface area contributed by atoms with Crippen LogP contribution in [0.2, 0.25) is 6.04 Å². The second-order valence-electron chi connectivity index (χ2n) is 3.83. The Bertz CT molecular complexity index is 324. The van der Waals surface area contributed by atoms with Gasteiger partial charge in [-0.3, -0.25) is 0 Å². The zero-order chi connectivity index (χ0) is 14.9. The van der Waals surface area contributed by atoms with Crippen molar-refractivity contribution in [1.29, 1.82) is 0 Å². The molecule has 0 aromatic heterocycles. The van der Waals surface area contributed by atoms with Gasteiger partial charge in [0.25, 0.3) is 5.95 Å². The van der Waals surface area contributed by atoms with E-state index in [0.717, 1.165) is 0 Å². The summed E-state index contributed by atoms with van der Waals surface area (Å²) < 4.78 is 25.9. The van der Waals surface area contributed by atoms with Gasteiger partial charge in [-0.15, -0.1) is 0 Å². The Morgan fingerprint density at radius 3 is 2.16 bits per heavy atom. The topological polar surface area (TPSA) is 63.2 Å². The lowest BCUT2D eigenvalue weighted by atomic mass is 10.4. The van der Waals surface area contributed by atoms with E-state index in [-0.39, 0.29) is 11.5 Å². The normalized spacial score (nSPS) is 10.9. The summed E-state index contributed by atoms with van der Waals surface area (Å²) >= 11 is 0. The molecule has 0 radical (unpaired) electrons. The molecule has 19 heavy (non-hydrogen) atoms. The third-order valence-electron chi connectivity index (χ3n) is 2.28. The molecule has 0 amide bonds. The van der Waals surface area contributed by atoms with E-state index < -0.39 is 14.8 Å². The molecule has 0 aromatic carbocycles. The molecule has 6 nitrogen and oxygen atoms in total. The molecule has 0 rings (SSSR count). The molecule has 0 saturated heterocycles. The predicted octanol–water partition coefficient (Wildman–Crippen LogP) is 1.86. The Labute approximate surface area is 115 Å². The van der Waals surface area contributed by atoms with Crippen LogP contribution >= 0.6 is 0 Å². The molecule has 0 heterocycles. The number of carbonyl (C=O) groups is 1. The van der Waals surface area contributed by atoms with Crippen molar-refractivity contribution < 1.29 is 27.5 Å². The molecule has 0 aliphatic rings. The van der Waals surface area contributed by atoms with Crippen molar-refractivity contribution >= 4 is 14.8 Å². The van der Waals surface area contributed by atoms with Crippen molar-refractivity contribution in [2.24, 2.45) is 0 Å². The predicted molar refractivity (Wildman–Crippen MR) is 72.2 cm³/mol. The second-order valence-corrected chi connectivity index (χ2v) is 6.72. The van der Waals surface area contributed by atoms with Crippen molar-refractivity contribution in [3.05, 3.63) is 24.7 Å². The summed E-state index contributed by atoms with van der Waals surface area (Å²) in [7, 11) is 1.64. The van der Waals surface area contributed by atoms with Crippen LogP contribution in [0.5, 0.6) is 0 Å². The molecule has 0 aromatic rings. The Hall–Kier alpha value is -1.15. The smallest absolute Gasteiger partial charge is 0.473 e. The zero-order valence-electron chi connectivity index (χ0n) is 12.0. The van der Waals surface area contributed by atoms with E-state index in [1.165, 1.54) is 21.1 Å². The van der Waals surface area contributed by atoms with Crippen LogP contribution in [0.3, 0.4) is 0 Å². The molecule has 0 saturated carbocycles. The maximum atomic E-state index is 11.3. The van der Waals surface area contributed by atoms with Crippen LogP contribution in [-0.2, 0) is 27.5 Å². The molecule has 0 unspecified atom stereocenters. The summed E-state index contributed by atoms with van der Waals surface area (Å²) in [5, 5.41) is 0. The fourth-order valence-corrected chi connectivity index (χ4v) is 3.05. The summed E-state index contributed by atoms with van der Waals surface area (Å²) in [6.45, 7) is 9.08. The van der Waals surface area contributed by atoms with Gasteiger partial charge in [-0.05, 0) is 19.9 Å². The SMILES string of the molecule is C=C(OC(=O)C(=C)C)O[Si](CCCOC)(OC)OC. The van der Waals surface area contributed by atoms with Gasteiger partial charge in [-0.2, -0.15) is 0 Å². The van der Waals surface area contributed by atoms with Crippen molar-refractivity contribution in [1.82, 2.24) is 0 Å². The number of rotatable bonds is 10. The van der Waals surface area contributed by atoms with Crippen LogP contribution in [0.15, 0.2) is 24.7 Å². The molecule has 0 aliphatic heterocycles. The first-order chi connectivity index (χ1) is 8.90. The zero-order valence-corrected chi connectivity index (χ0v) is 13.0. The highest BCUT2D eigenvalue weighted by Crippen LogP contribution is 2.20. The largest absolute Gasteiger partial charge is 0.567 e. The minimum absolute atomic E-state index is 0.152. The first-order valence-electron chi connectivity index (χ1n) is 5.75. The van der Waals surface area contributed by atoms with Crippen LogP contribution in [0.4, 0.5) is 0 Å². The summed E-state index contributed by atoms with van der Waals surface area (Å²) in [5.41, 5.74) is 0.256. The average Bonchev–Trinajstić information content (AvgIpc) is 2.37. The van der Waals surface area contributed by atoms with E-state index in [0.29, 0.717) is 19.1 Å². The molecule has 0 atom stereocenters. The Kier molecular flexibility index (Phi) is 8.33. The molecule has 0 N–H and O–H groups in total. The number of hydrogen-bond acceptors (Lipinski definition) is 6. The van der Waals surface area contributed by atoms with Crippen molar-refractivity contribution in [2.45, 2.75) is 19.4 Å². The number of esters is 1. The van der Waals surface area contributed by atoms with Crippen LogP contribution in [0, 0.1) is 0 Å². The highest BCUT2D eigenvalue weighted by molar-refractivity contribution is 6.60. The average molecular weight is 290 g/mol. The van der Waals surface area contributed by atoms with Crippen LogP contribution in [-0.4, -0.2) is 42.7 Å². The van der Waals surface area contributed by atoms with E-state index in [1.807, 2.05) is 0 Å². The lowest BCUT2D eigenvalue weighted by Crippen LogP contribution is -2.44. The molecular formula is C12H22O6Si. The van der Waals surface area contributed by atoms with E-state index in [4.69, 9.17) is 22.8 Å². The standard InChI is InChI=1S/C12H22O6Si/c1-10(2)12(13)17-11(3)18-19(15-5,16-6)9-7-8-14-4/h1,3,7-9H2,2,4-6H3. The van der Waals surface area contributed by atoms with Gasteiger partial charge in [0.05, 0.1) is 0 Å². The second kappa shape index (κ2) is 8.86. The highest BCUT2D eigenvalue weighted by Gasteiger charge is 2.42. The van der Waals surface area contributed by atoms with Gasteiger partial charge in [0, 0.05) is 39.6 Å². The summed E-state index contributed by atoms with van der Waals surface area (Å²) in [6, 6.07) is 0.525. The third-order valence-corrected chi connectivity index (χ3v) is 5.03. The fourth-order valence-electron chi connectivity index (χ4n) is 1.24. The number of ether oxygens (including phenoxy) is 2. The van der Waals surface area contributed by atoms with Crippen LogP contribution in [0.1, 0.15) is 13.3 Å². The van der Waals surface area contributed by atoms with Crippen molar-refractivity contribution in [3.63, 3.8) is 0 Å². The molecule has 0 bridgehead atoms. The third kappa shape index (κ3) is 6.53. The summed E-state index contributed by atoms with van der Waals surface area (Å²) in [5.74, 6) is -0.752. The number of hydrogen-bond donors (Lipinski definition) is 0. The minimum atomic E-state index is -2.93. The number of methoxy groups -OCH3 is 1. The Morgan fingerprint density at radius 1 is 1.16 bits per heavy atom. The van der Waals surface area contributed by atoms with Crippen LogP contribution in [0.25, 0.3) is 0 Å². The quantitative estimate of drug-likeness (QED) is 0.201. The lowest BCUT2D eigenvalue weighted by Gasteiger charge is -2.27. The van der Waals surface area contributed by atoms with Gasteiger partial charge in [0.1, 0.15) is 0 Å². The van der Waals surface area contributed by atoms with Gasteiger partial charge in [-0.1, -0.05) is 6.58 Å². The first-order valence-corrected chi connectivity index (χ1v) is 7.68. The van der Waals surface area contributed by atoms with Gasteiger partial charge < -0.3 is 22.8 Å². The maximum absolute atomic E-state index is 11.3. The van der Waals surface area contributed by atoms with Gasteiger partial charge in [0.15, 0.2) is 0 Å². The fraction of sp³-hybridized carbons (Fsp3) is 0.583. The summed E-state index contributed by atoms with van der Waals surface area (Å²) in [6.07, 6.45) is 0.701. The lowest BCUT2D eigenvalue weighted by molar-refractivity contribution is -0.138. The van der Waals surface area contributed by atoms with Crippen molar-refractivity contribution in [3.8, 4) is 0 Å². The molecule has 0 spiro atoms. The van der Waals surface area contributed by atoms with E-state index in [1.54, 1.807) is 7.11 Å². The Balaban J connectivity index is 4.51.